The van der Waals surface area contributed by atoms with Crippen molar-refractivity contribution in [2.75, 3.05) is 0 Å². The highest BCUT2D eigenvalue weighted by atomic mass is 19.1. The first-order valence-corrected chi connectivity index (χ1v) is 5.81. The van der Waals surface area contributed by atoms with Gasteiger partial charge in [0.25, 0.3) is 0 Å². The van der Waals surface area contributed by atoms with Gasteiger partial charge in [0, 0.05) is 18.9 Å². The summed E-state index contributed by atoms with van der Waals surface area (Å²) in [4.78, 5) is 11.8. The van der Waals surface area contributed by atoms with Crippen LogP contribution in [0.1, 0.15) is 32.8 Å². The van der Waals surface area contributed by atoms with E-state index in [2.05, 4.69) is 0 Å². The zero-order valence-electron chi connectivity index (χ0n) is 10.7. The lowest BCUT2D eigenvalue weighted by Gasteiger charge is -2.26. The number of rotatable bonds is 4. The van der Waals surface area contributed by atoms with Crippen molar-refractivity contribution in [3.8, 4) is 0 Å². The number of halogens is 1. The summed E-state index contributed by atoms with van der Waals surface area (Å²) >= 11 is 0. The fourth-order valence-corrected chi connectivity index (χ4v) is 1.48. The fourth-order valence-electron chi connectivity index (χ4n) is 1.48. The summed E-state index contributed by atoms with van der Waals surface area (Å²) in [5.41, 5.74) is 6.27. The Morgan fingerprint density at radius 2 is 1.94 bits per heavy atom. The maximum Gasteiger partial charge on any atom is 0.138 e. The van der Waals surface area contributed by atoms with Crippen LogP contribution in [-0.4, -0.2) is 11.8 Å². The van der Waals surface area contributed by atoms with Gasteiger partial charge in [-0.05, 0) is 17.0 Å². The van der Waals surface area contributed by atoms with E-state index in [-0.39, 0.29) is 35.9 Å². The predicted molar refractivity (Wildman–Crippen MR) is 67.2 cm³/mol. The van der Waals surface area contributed by atoms with Gasteiger partial charge in [0.2, 0.25) is 0 Å². The molecule has 1 aromatic carbocycles. The highest BCUT2D eigenvalue weighted by Crippen LogP contribution is 2.20. The normalized spacial score (nSPS) is 13.5. The first-order chi connectivity index (χ1) is 7.80. The standard InChI is InChI=1S/C14H20FNO/c1-14(2,3)13(16)9-11(17)8-10-6-4-5-7-12(10)15/h4-7,13H,8-9,16H2,1-3H3. The van der Waals surface area contributed by atoms with Crippen LogP contribution in [0.5, 0.6) is 0 Å². The lowest BCUT2D eigenvalue weighted by atomic mass is 9.84. The number of Topliss-reactive ketones (excluding diaryl/α,β-unsaturated/α-hetero) is 1. The molecular formula is C14H20FNO. The molecule has 94 valence electrons. The first kappa shape index (κ1) is 13.8. The van der Waals surface area contributed by atoms with E-state index in [1.54, 1.807) is 18.2 Å². The van der Waals surface area contributed by atoms with Gasteiger partial charge in [-0.25, -0.2) is 4.39 Å². The summed E-state index contributed by atoms with van der Waals surface area (Å²) in [5, 5.41) is 0. The molecule has 0 saturated heterocycles. The van der Waals surface area contributed by atoms with Crippen molar-refractivity contribution in [2.24, 2.45) is 11.1 Å². The molecule has 3 heteroatoms. The number of carbonyl (C=O) groups is 1. The second-order valence-electron chi connectivity index (χ2n) is 5.48. The molecule has 0 radical (unpaired) electrons. The van der Waals surface area contributed by atoms with Crippen LogP contribution in [0.3, 0.4) is 0 Å². The van der Waals surface area contributed by atoms with E-state index in [0.717, 1.165) is 0 Å². The van der Waals surface area contributed by atoms with E-state index >= 15 is 0 Å². The Balaban J connectivity index is 2.60. The number of hydrogen-bond donors (Lipinski definition) is 1. The van der Waals surface area contributed by atoms with Gasteiger partial charge < -0.3 is 5.73 Å². The van der Waals surface area contributed by atoms with E-state index in [9.17, 15) is 9.18 Å². The molecule has 1 atom stereocenters. The van der Waals surface area contributed by atoms with Crippen molar-refractivity contribution >= 4 is 5.78 Å². The smallest absolute Gasteiger partial charge is 0.138 e. The lowest BCUT2D eigenvalue weighted by Crippen LogP contribution is -2.37. The molecule has 2 N–H and O–H groups in total. The van der Waals surface area contributed by atoms with Crippen molar-refractivity contribution in [3.05, 3.63) is 35.6 Å². The zero-order chi connectivity index (χ0) is 13.1. The molecule has 0 aromatic heterocycles. The summed E-state index contributed by atoms with van der Waals surface area (Å²) in [6.07, 6.45) is 0.411. The molecule has 0 aliphatic rings. The first-order valence-electron chi connectivity index (χ1n) is 5.81. The monoisotopic (exact) mass is 237 g/mol. The number of hydrogen-bond acceptors (Lipinski definition) is 2. The summed E-state index contributed by atoms with van der Waals surface area (Å²) in [6, 6.07) is 6.16. The van der Waals surface area contributed by atoms with E-state index in [4.69, 9.17) is 5.73 Å². The van der Waals surface area contributed by atoms with Gasteiger partial charge in [0.15, 0.2) is 0 Å². The molecule has 2 nitrogen and oxygen atoms in total. The van der Waals surface area contributed by atoms with Crippen molar-refractivity contribution in [2.45, 2.75) is 39.7 Å². The Morgan fingerprint density at radius 3 is 2.47 bits per heavy atom. The third kappa shape index (κ3) is 4.27. The molecule has 0 bridgehead atoms. The number of carbonyl (C=O) groups excluding carboxylic acids is 1. The number of benzene rings is 1. The van der Waals surface area contributed by atoms with Crippen LogP contribution in [0, 0.1) is 11.2 Å². The third-order valence-corrected chi connectivity index (χ3v) is 2.91. The van der Waals surface area contributed by atoms with Crippen molar-refractivity contribution < 1.29 is 9.18 Å². The molecule has 0 heterocycles. The molecule has 0 amide bonds. The molecule has 1 rings (SSSR count). The maximum absolute atomic E-state index is 13.3. The maximum atomic E-state index is 13.3. The van der Waals surface area contributed by atoms with Crippen LogP contribution < -0.4 is 5.73 Å². The Labute approximate surface area is 102 Å². The number of ketones is 1. The van der Waals surface area contributed by atoms with Gasteiger partial charge in [-0.1, -0.05) is 39.0 Å². The SMILES string of the molecule is CC(C)(C)C(N)CC(=O)Cc1ccccc1F. The van der Waals surface area contributed by atoms with Crippen LogP contribution in [0.25, 0.3) is 0 Å². The van der Waals surface area contributed by atoms with E-state index < -0.39 is 0 Å². The highest BCUT2D eigenvalue weighted by Gasteiger charge is 2.23. The Bertz CT molecular complexity index is 395. The van der Waals surface area contributed by atoms with Crippen molar-refractivity contribution in [3.63, 3.8) is 0 Å². The minimum Gasteiger partial charge on any atom is -0.327 e. The largest absolute Gasteiger partial charge is 0.327 e. The quantitative estimate of drug-likeness (QED) is 0.875. The van der Waals surface area contributed by atoms with Crippen LogP contribution in [0.15, 0.2) is 24.3 Å². The van der Waals surface area contributed by atoms with Crippen LogP contribution >= 0.6 is 0 Å². The number of nitrogens with two attached hydrogens (primary N) is 1. The Kier molecular flexibility index (Phi) is 4.40. The molecule has 0 spiro atoms. The fraction of sp³-hybridized carbons (Fsp3) is 0.500. The van der Waals surface area contributed by atoms with E-state index in [1.807, 2.05) is 20.8 Å². The molecule has 1 unspecified atom stereocenters. The topological polar surface area (TPSA) is 43.1 Å². The zero-order valence-corrected chi connectivity index (χ0v) is 10.7. The Hall–Kier alpha value is -1.22. The molecule has 0 aliphatic heterocycles. The van der Waals surface area contributed by atoms with E-state index in [1.165, 1.54) is 6.07 Å². The van der Waals surface area contributed by atoms with Gasteiger partial charge in [-0.2, -0.15) is 0 Å². The molecule has 1 aromatic rings. The second-order valence-corrected chi connectivity index (χ2v) is 5.48. The van der Waals surface area contributed by atoms with Crippen molar-refractivity contribution in [1.82, 2.24) is 0 Å². The van der Waals surface area contributed by atoms with Gasteiger partial charge in [-0.3, -0.25) is 4.79 Å². The minimum atomic E-state index is -0.329. The lowest BCUT2D eigenvalue weighted by molar-refractivity contribution is -0.119. The van der Waals surface area contributed by atoms with Crippen LogP contribution in [-0.2, 0) is 11.2 Å². The molecule has 0 saturated carbocycles. The minimum absolute atomic E-state index is 0.0162. The molecule has 0 aliphatic carbocycles. The van der Waals surface area contributed by atoms with E-state index in [0.29, 0.717) is 5.56 Å². The average molecular weight is 237 g/mol. The van der Waals surface area contributed by atoms with Gasteiger partial charge >= 0.3 is 0 Å². The predicted octanol–water partition coefficient (Wildman–Crippen LogP) is 2.70. The average Bonchev–Trinajstić information content (AvgIpc) is 2.20. The highest BCUT2D eigenvalue weighted by molar-refractivity contribution is 5.81. The second kappa shape index (κ2) is 5.41. The van der Waals surface area contributed by atoms with Gasteiger partial charge in [-0.15, -0.1) is 0 Å². The van der Waals surface area contributed by atoms with Crippen LogP contribution in [0.4, 0.5) is 4.39 Å². The third-order valence-electron chi connectivity index (χ3n) is 2.91. The van der Waals surface area contributed by atoms with Crippen molar-refractivity contribution in [1.29, 1.82) is 0 Å². The molecule has 0 fully saturated rings. The molecule has 17 heavy (non-hydrogen) atoms. The molecular weight excluding hydrogens is 217 g/mol. The van der Waals surface area contributed by atoms with Crippen LogP contribution in [0.2, 0.25) is 0 Å². The summed E-state index contributed by atoms with van der Waals surface area (Å²) < 4.78 is 13.3. The summed E-state index contributed by atoms with van der Waals surface area (Å²) in [6.45, 7) is 5.98. The van der Waals surface area contributed by atoms with Gasteiger partial charge in [0.1, 0.15) is 11.6 Å². The van der Waals surface area contributed by atoms with Gasteiger partial charge in [0.05, 0.1) is 0 Å². The summed E-state index contributed by atoms with van der Waals surface area (Å²) in [5.74, 6) is -0.345. The Morgan fingerprint density at radius 1 is 1.35 bits per heavy atom. The summed E-state index contributed by atoms with van der Waals surface area (Å²) in [7, 11) is 0.